The van der Waals surface area contributed by atoms with Crippen LogP contribution in [0.4, 0.5) is 0 Å². The van der Waals surface area contributed by atoms with E-state index >= 15 is 0 Å². The van der Waals surface area contributed by atoms with E-state index in [-0.39, 0.29) is 23.0 Å². The van der Waals surface area contributed by atoms with E-state index in [0.29, 0.717) is 5.56 Å². The van der Waals surface area contributed by atoms with Crippen molar-refractivity contribution >= 4 is 5.97 Å². The Morgan fingerprint density at radius 3 is 2.40 bits per heavy atom. The number of phenols is 2. The molecule has 0 spiro atoms. The topological polar surface area (TPSA) is 66.8 Å². The summed E-state index contributed by atoms with van der Waals surface area (Å²) in [4.78, 5) is 11.3. The third-order valence-corrected chi connectivity index (χ3v) is 2.18. The number of hydrogen-bond acceptors (Lipinski definition) is 4. The molecule has 4 heteroatoms. The van der Waals surface area contributed by atoms with Gasteiger partial charge in [-0.25, -0.2) is 4.79 Å². The Balaban J connectivity index is 3.35. The minimum absolute atomic E-state index is 0.0184. The zero-order valence-corrected chi connectivity index (χ0v) is 8.94. The van der Waals surface area contributed by atoms with Crippen LogP contribution in [0.5, 0.6) is 11.5 Å². The molecule has 1 rings (SSSR count). The van der Waals surface area contributed by atoms with Gasteiger partial charge in [0.05, 0.1) is 7.11 Å². The number of esters is 1. The molecule has 0 aliphatic carbocycles. The van der Waals surface area contributed by atoms with E-state index in [4.69, 9.17) is 0 Å². The second-order valence-electron chi connectivity index (χ2n) is 3.54. The van der Waals surface area contributed by atoms with Crippen LogP contribution in [0.2, 0.25) is 0 Å². The molecule has 0 heterocycles. The number of phenolic OH excluding ortho intramolecular Hbond substituents is 2. The minimum atomic E-state index is -0.616. The van der Waals surface area contributed by atoms with Crippen molar-refractivity contribution < 1.29 is 19.7 Å². The van der Waals surface area contributed by atoms with Crippen LogP contribution in [0.3, 0.4) is 0 Å². The van der Waals surface area contributed by atoms with Crippen molar-refractivity contribution in [2.24, 2.45) is 0 Å². The van der Waals surface area contributed by atoms with Gasteiger partial charge in [-0.2, -0.15) is 0 Å². The van der Waals surface area contributed by atoms with E-state index in [2.05, 4.69) is 4.74 Å². The molecule has 0 unspecified atom stereocenters. The zero-order chi connectivity index (χ0) is 11.6. The van der Waals surface area contributed by atoms with E-state index < -0.39 is 5.97 Å². The van der Waals surface area contributed by atoms with Gasteiger partial charge in [0.25, 0.3) is 0 Å². The number of carbonyl (C=O) groups is 1. The lowest BCUT2D eigenvalue weighted by molar-refractivity contribution is 0.0597. The number of rotatable bonds is 2. The number of carbonyl (C=O) groups excluding carboxylic acids is 1. The third-order valence-electron chi connectivity index (χ3n) is 2.18. The highest BCUT2D eigenvalue weighted by Crippen LogP contribution is 2.36. The van der Waals surface area contributed by atoms with Crippen LogP contribution in [0, 0.1) is 0 Å². The molecule has 0 saturated carbocycles. The fraction of sp³-hybridized carbons (Fsp3) is 0.364. The number of methoxy groups -OCH3 is 1. The van der Waals surface area contributed by atoms with Gasteiger partial charge in [0.2, 0.25) is 0 Å². The van der Waals surface area contributed by atoms with Crippen molar-refractivity contribution in [1.29, 1.82) is 0 Å². The normalized spacial score (nSPS) is 10.4. The third kappa shape index (κ3) is 2.03. The summed E-state index contributed by atoms with van der Waals surface area (Å²) in [5.41, 5.74) is 0.428. The highest BCUT2D eigenvalue weighted by molar-refractivity contribution is 5.93. The lowest BCUT2D eigenvalue weighted by Gasteiger charge is -2.12. The fourth-order valence-electron chi connectivity index (χ4n) is 1.44. The first kappa shape index (κ1) is 11.4. The Labute approximate surface area is 88.1 Å². The van der Waals surface area contributed by atoms with Gasteiger partial charge in [-0.3, -0.25) is 0 Å². The van der Waals surface area contributed by atoms with Crippen molar-refractivity contribution in [2.75, 3.05) is 7.11 Å². The second-order valence-corrected chi connectivity index (χ2v) is 3.54. The standard InChI is InChI=1S/C11H14O4/c1-6(2)9-8(12)5-4-7(10(9)13)11(14)15-3/h4-6,12-13H,1-3H3. The zero-order valence-electron chi connectivity index (χ0n) is 8.94. The highest BCUT2D eigenvalue weighted by Gasteiger charge is 2.19. The highest BCUT2D eigenvalue weighted by atomic mass is 16.5. The Hall–Kier alpha value is -1.71. The molecule has 0 aromatic heterocycles. The van der Waals surface area contributed by atoms with Crippen molar-refractivity contribution in [2.45, 2.75) is 19.8 Å². The summed E-state index contributed by atoms with van der Waals surface area (Å²) in [5.74, 6) is -0.920. The first-order valence-corrected chi connectivity index (χ1v) is 4.62. The van der Waals surface area contributed by atoms with Crippen molar-refractivity contribution in [3.63, 3.8) is 0 Å². The average Bonchev–Trinajstić information content (AvgIpc) is 2.16. The predicted molar refractivity (Wildman–Crippen MR) is 55.2 cm³/mol. The second kappa shape index (κ2) is 4.21. The monoisotopic (exact) mass is 210 g/mol. The van der Waals surface area contributed by atoms with Gasteiger partial charge >= 0.3 is 5.97 Å². The molecule has 0 amide bonds. The van der Waals surface area contributed by atoms with Crippen molar-refractivity contribution in [3.8, 4) is 11.5 Å². The molecule has 0 aliphatic heterocycles. The Bertz CT molecular complexity index is 382. The Kier molecular flexibility index (Phi) is 3.19. The average molecular weight is 210 g/mol. The SMILES string of the molecule is COC(=O)c1ccc(O)c(C(C)C)c1O. The molecule has 0 saturated heterocycles. The molecule has 2 N–H and O–H groups in total. The molecule has 1 aromatic rings. The first-order valence-electron chi connectivity index (χ1n) is 4.62. The van der Waals surface area contributed by atoms with Crippen LogP contribution in [0.1, 0.15) is 35.7 Å². The van der Waals surface area contributed by atoms with Gasteiger partial charge in [-0.05, 0) is 18.1 Å². The lowest BCUT2D eigenvalue weighted by atomic mass is 9.98. The van der Waals surface area contributed by atoms with Gasteiger partial charge in [0, 0.05) is 5.56 Å². The maximum atomic E-state index is 11.3. The Morgan fingerprint density at radius 2 is 1.93 bits per heavy atom. The van der Waals surface area contributed by atoms with Gasteiger partial charge < -0.3 is 14.9 Å². The summed E-state index contributed by atoms with van der Waals surface area (Å²) in [6.45, 7) is 3.63. The maximum absolute atomic E-state index is 11.3. The summed E-state index contributed by atoms with van der Waals surface area (Å²) < 4.78 is 4.51. The summed E-state index contributed by atoms with van der Waals surface area (Å²) in [7, 11) is 1.24. The van der Waals surface area contributed by atoms with Crippen molar-refractivity contribution in [1.82, 2.24) is 0 Å². The minimum Gasteiger partial charge on any atom is -0.508 e. The fourth-order valence-corrected chi connectivity index (χ4v) is 1.44. The summed E-state index contributed by atoms with van der Waals surface area (Å²) in [6, 6.07) is 2.71. The molecule has 4 nitrogen and oxygen atoms in total. The first-order chi connectivity index (χ1) is 6.99. The van der Waals surface area contributed by atoms with Gasteiger partial charge in [-0.1, -0.05) is 13.8 Å². The number of benzene rings is 1. The number of aromatic hydroxyl groups is 2. The smallest absolute Gasteiger partial charge is 0.341 e. The van der Waals surface area contributed by atoms with Gasteiger partial charge in [0.1, 0.15) is 17.1 Å². The van der Waals surface area contributed by atoms with E-state index in [1.807, 2.05) is 13.8 Å². The van der Waals surface area contributed by atoms with Gasteiger partial charge in [-0.15, -0.1) is 0 Å². The van der Waals surface area contributed by atoms with Crippen molar-refractivity contribution in [3.05, 3.63) is 23.3 Å². The quantitative estimate of drug-likeness (QED) is 0.733. The van der Waals surface area contributed by atoms with E-state index in [1.54, 1.807) is 0 Å². The molecule has 0 fully saturated rings. The van der Waals surface area contributed by atoms with Crippen LogP contribution in [-0.4, -0.2) is 23.3 Å². The maximum Gasteiger partial charge on any atom is 0.341 e. The lowest BCUT2D eigenvalue weighted by Crippen LogP contribution is -2.03. The number of hydrogen-bond donors (Lipinski definition) is 2. The molecular weight excluding hydrogens is 196 g/mol. The van der Waals surface area contributed by atoms with Crippen LogP contribution >= 0.6 is 0 Å². The molecule has 0 atom stereocenters. The molecule has 15 heavy (non-hydrogen) atoms. The molecular formula is C11H14O4. The van der Waals surface area contributed by atoms with Gasteiger partial charge in [0.15, 0.2) is 0 Å². The summed E-state index contributed by atoms with van der Waals surface area (Å²) in [5, 5.41) is 19.3. The molecule has 0 bridgehead atoms. The summed E-state index contributed by atoms with van der Waals surface area (Å²) >= 11 is 0. The molecule has 1 aromatic carbocycles. The van der Waals surface area contributed by atoms with Crippen LogP contribution in [0.15, 0.2) is 12.1 Å². The van der Waals surface area contributed by atoms with E-state index in [9.17, 15) is 15.0 Å². The van der Waals surface area contributed by atoms with E-state index in [1.165, 1.54) is 19.2 Å². The van der Waals surface area contributed by atoms with E-state index in [0.717, 1.165) is 0 Å². The predicted octanol–water partition coefficient (Wildman–Crippen LogP) is 2.01. The Morgan fingerprint density at radius 1 is 1.33 bits per heavy atom. The van der Waals surface area contributed by atoms with Crippen LogP contribution in [-0.2, 0) is 4.74 Å². The van der Waals surface area contributed by atoms with Crippen LogP contribution in [0.25, 0.3) is 0 Å². The molecule has 0 radical (unpaired) electrons. The summed E-state index contributed by atoms with van der Waals surface area (Å²) in [6.07, 6.45) is 0. The van der Waals surface area contributed by atoms with Crippen LogP contribution < -0.4 is 0 Å². The molecule has 82 valence electrons. The number of ether oxygens (including phenoxy) is 1. The molecule has 0 aliphatic rings. The largest absolute Gasteiger partial charge is 0.508 e.